The zero-order valence-electron chi connectivity index (χ0n) is 62.9. The molecule has 0 aliphatic rings. The molecule has 0 heterocycles. The van der Waals surface area contributed by atoms with Gasteiger partial charge in [0, 0.05) is 19.3 Å². The molecular weight excluding hydrogens is 1290 g/mol. The van der Waals surface area contributed by atoms with E-state index in [0.29, 0.717) is 19.3 Å². The number of allylic oxidation sites excluding steroid dienone is 14. The van der Waals surface area contributed by atoms with Crippen LogP contribution in [0.3, 0.4) is 0 Å². The molecule has 16 nitrogen and oxygen atoms in total. The van der Waals surface area contributed by atoms with Gasteiger partial charge in [0.25, 0.3) is 0 Å². The number of hydrogen-bond donors (Lipinski definition) is 4. The Kier molecular flexibility index (Phi) is 72.0. The fourth-order valence-electron chi connectivity index (χ4n) is 11.0. The summed E-state index contributed by atoms with van der Waals surface area (Å²) in [7, 11) is -9.77. The first-order chi connectivity index (χ1) is 48.2. The van der Waals surface area contributed by atoms with Crippen LogP contribution < -0.4 is 0 Å². The molecule has 0 saturated heterocycles. The normalized spacial score (nSPS) is 14.5. The molecule has 0 aromatic heterocycles. The summed E-state index contributed by atoms with van der Waals surface area (Å²) < 4.78 is 61.0. The Hall–Kier alpha value is -3.27. The third-order valence-corrected chi connectivity index (χ3v) is 19.0. The SMILES string of the molecule is CC/C=C\C/C=C\C/C=C\C/C=C\C/C=C\C/C=C\CCCCCCCCCCCCCCCCCCC(=O)OCC(O)COP(=O)(O)OCC(O)COP(=O)(O)OCC(COC(=O)CCCCCCCCCCCCCCCCC)OC(=O)CCCCCCC/C=C\CCCCCC. The maximum atomic E-state index is 12.9. The Morgan fingerprint density at radius 1 is 0.293 bits per heavy atom. The van der Waals surface area contributed by atoms with Gasteiger partial charge in [0.05, 0.1) is 26.4 Å². The minimum absolute atomic E-state index is 0.0996. The van der Waals surface area contributed by atoms with Crippen molar-refractivity contribution in [2.24, 2.45) is 0 Å². The molecular formula is C81H146O16P2. The molecule has 0 fully saturated rings. The van der Waals surface area contributed by atoms with Crippen LogP contribution in [0.4, 0.5) is 0 Å². The number of carbonyl (C=O) groups is 3. The Labute approximate surface area is 604 Å². The van der Waals surface area contributed by atoms with E-state index in [0.717, 1.165) is 116 Å². The van der Waals surface area contributed by atoms with Crippen LogP contribution in [0.1, 0.15) is 355 Å². The maximum Gasteiger partial charge on any atom is 0.472 e. The standard InChI is InChI=1S/C81H146O16P2/c1-4-7-10-13-16-19-22-25-27-28-29-30-31-32-33-34-35-36-37-38-39-40-41-42-43-44-45-46-48-51-52-55-58-61-64-67-79(84)91-70-76(82)71-93-98(87,88)94-72-77(83)73-95-99(89,90)96-75-78(97-81(86)69-66-63-60-57-54-49-24-21-18-15-12-9-6-3)74-92-80(85)68-65-62-59-56-53-50-47-26-23-20-17-14-11-8-5-2/h7,10,16,19,21,24-25,27,29-30,32-33,35-36,76-78,82-83H,4-6,8-9,11-15,17-18,20,22-23,26,28,31,34,37-75H2,1-3H3,(H,87,88)(H,89,90)/b10-7-,19-16-,24-21-,27-25-,30-29-,33-32-,36-35-. The van der Waals surface area contributed by atoms with Crippen LogP contribution in [0.2, 0.25) is 0 Å². The number of phosphoric acid groups is 2. The van der Waals surface area contributed by atoms with Gasteiger partial charge in [-0.2, -0.15) is 0 Å². The molecule has 0 aromatic rings. The van der Waals surface area contributed by atoms with Gasteiger partial charge in [0.1, 0.15) is 25.4 Å². The summed E-state index contributed by atoms with van der Waals surface area (Å²) >= 11 is 0. The average molecular weight is 1440 g/mol. The summed E-state index contributed by atoms with van der Waals surface area (Å²) in [6.45, 7) is 2.59. The zero-order chi connectivity index (χ0) is 72.3. The summed E-state index contributed by atoms with van der Waals surface area (Å²) in [6.07, 6.45) is 83.7. The molecule has 0 saturated carbocycles. The van der Waals surface area contributed by atoms with Crippen LogP contribution in [0.25, 0.3) is 0 Å². The lowest BCUT2D eigenvalue weighted by Gasteiger charge is -2.21. The molecule has 0 amide bonds. The van der Waals surface area contributed by atoms with Gasteiger partial charge in [-0.05, 0) is 96.3 Å². The minimum atomic E-state index is -4.92. The van der Waals surface area contributed by atoms with E-state index in [-0.39, 0.29) is 19.3 Å². The lowest BCUT2D eigenvalue weighted by atomic mass is 10.0. The molecule has 0 rings (SSSR count). The van der Waals surface area contributed by atoms with E-state index >= 15 is 0 Å². The highest BCUT2D eigenvalue weighted by atomic mass is 31.2. The van der Waals surface area contributed by atoms with Crippen LogP contribution >= 0.6 is 15.6 Å². The van der Waals surface area contributed by atoms with E-state index in [1.807, 2.05) is 0 Å². The summed E-state index contributed by atoms with van der Waals surface area (Å²) in [4.78, 5) is 58.5. The van der Waals surface area contributed by atoms with Crippen molar-refractivity contribution in [3.63, 3.8) is 0 Å². The number of aliphatic hydroxyl groups is 2. The van der Waals surface area contributed by atoms with Gasteiger partial charge in [0.15, 0.2) is 6.10 Å². The van der Waals surface area contributed by atoms with Crippen LogP contribution in [0, 0.1) is 0 Å². The van der Waals surface area contributed by atoms with Crippen LogP contribution in [0.15, 0.2) is 85.1 Å². The summed E-state index contributed by atoms with van der Waals surface area (Å²) in [6, 6.07) is 0. The fourth-order valence-corrected chi connectivity index (χ4v) is 12.6. The summed E-state index contributed by atoms with van der Waals surface area (Å²) in [5.41, 5.74) is 0. The highest BCUT2D eigenvalue weighted by Gasteiger charge is 2.29. The number of rotatable bonds is 76. The first-order valence-electron chi connectivity index (χ1n) is 39.9. The molecule has 0 radical (unpaired) electrons. The molecule has 5 unspecified atom stereocenters. The van der Waals surface area contributed by atoms with Crippen LogP contribution in [-0.4, -0.2) is 95.9 Å². The monoisotopic (exact) mass is 1440 g/mol. The van der Waals surface area contributed by atoms with Crippen molar-refractivity contribution in [1.29, 1.82) is 0 Å². The second-order valence-electron chi connectivity index (χ2n) is 26.8. The number of aliphatic hydroxyl groups excluding tert-OH is 2. The number of hydrogen-bond acceptors (Lipinski definition) is 14. The van der Waals surface area contributed by atoms with E-state index < -0.39 is 91.5 Å². The van der Waals surface area contributed by atoms with Gasteiger partial charge in [-0.3, -0.25) is 32.5 Å². The number of esters is 3. The molecule has 5 atom stereocenters. The lowest BCUT2D eigenvalue weighted by Crippen LogP contribution is -2.30. The van der Waals surface area contributed by atoms with Gasteiger partial charge in [-0.1, -0.05) is 324 Å². The molecule has 0 bridgehead atoms. The lowest BCUT2D eigenvalue weighted by molar-refractivity contribution is -0.161. The Bertz CT molecular complexity index is 2140. The predicted molar refractivity (Wildman–Crippen MR) is 408 cm³/mol. The average Bonchev–Trinajstić information content (AvgIpc) is 1.09. The van der Waals surface area contributed by atoms with Crippen molar-refractivity contribution >= 4 is 33.6 Å². The van der Waals surface area contributed by atoms with Gasteiger partial charge < -0.3 is 34.2 Å². The van der Waals surface area contributed by atoms with Crippen molar-refractivity contribution in [2.75, 3.05) is 39.6 Å². The first-order valence-corrected chi connectivity index (χ1v) is 42.9. The van der Waals surface area contributed by atoms with Crippen LogP contribution in [-0.2, 0) is 55.8 Å². The third-order valence-electron chi connectivity index (χ3n) is 17.1. The quantitative estimate of drug-likeness (QED) is 0.0146. The van der Waals surface area contributed by atoms with Gasteiger partial charge >= 0.3 is 33.6 Å². The third kappa shape index (κ3) is 75.7. The molecule has 0 aromatic carbocycles. The molecule has 4 N–H and O–H groups in total. The molecule has 0 aliphatic carbocycles. The molecule has 0 aliphatic heterocycles. The van der Waals surface area contributed by atoms with Crippen molar-refractivity contribution in [3.05, 3.63) is 85.1 Å². The van der Waals surface area contributed by atoms with Gasteiger partial charge in [0.2, 0.25) is 0 Å². The molecule has 576 valence electrons. The van der Waals surface area contributed by atoms with E-state index in [1.165, 1.54) is 180 Å². The number of unbranched alkanes of at least 4 members (excludes halogenated alkanes) is 39. The fraction of sp³-hybridized carbons (Fsp3) is 0.790. The maximum absolute atomic E-state index is 12.9. The zero-order valence-corrected chi connectivity index (χ0v) is 64.7. The second kappa shape index (κ2) is 74.4. The Balaban J connectivity index is 4.31. The number of carbonyl (C=O) groups excluding carboxylic acids is 3. The highest BCUT2D eigenvalue weighted by Crippen LogP contribution is 2.45. The smallest absolute Gasteiger partial charge is 0.463 e. The topological polar surface area (TPSA) is 231 Å². The first kappa shape index (κ1) is 95.7. The number of ether oxygens (including phenoxy) is 3. The molecule has 99 heavy (non-hydrogen) atoms. The van der Waals surface area contributed by atoms with Gasteiger partial charge in [-0.15, -0.1) is 0 Å². The van der Waals surface area contributed by atoms with E-state index in [9.17, 15) is 43.5 Å². The Morgan fingerprint density at radius 2 is 0.535 bits per heavy atom. The van der Waals surface area contributed by atoms with E-state index in [1.54, 1.807) is 0 Å². The molecule has 18 heteroatoms. The Morgan fingerprint density at radius 3 is 0.869 bits per heavy atom. The molecule has 0 spiro atoms. The van der Waals surface area contributed by atoms with E-state index in [2.05, 4.69) is 106 Å². The number of phosphoric ester groups is 2. The van der Waals surface area contributed by atoms with Crippen molar-refractivity contribution in [1.82, 2.24) is 0 Å². The van der Waals surface area contributed by atoms with E-state index in [4.69, 9.17) is 32.3 Å². The summed E-state index contributed by atoms with van der Waals surface area (Å²) in [5, 5.41) is 20.6. The summed E-state index contributed by atoms with van der Waals surface area (Å²) in [5.74, 6) is -1.56. The minimum Gasteiger partial charge on any atom is -0.463 e. The predicted octanol–water partition coefficient (Wildman–Crippen LogP) is 23.2. The highest BCUT2D eigenvalue weighted by molar-refractivity contribution is 7.47. The largest absolute Gasteiger partial charge is 0.472 e. The van der Waals surface area contributed by atoms with Crippen molar-refractivity contribution in [2.45, 2.75) is 373 Å². The van der Waals surface area contributed by atoms with Crippen molar-refractivity contribution < 1.29 is 75.8 Å². The van der Waals surface area contributed by atoms with Crippen LogP contribution in [0.5, 0.6) is 0 Å². The van der Waals surface area contributed by atoms with Gasteiger partial charge in [-0.25, -0.2) is 9.13 Å². The second-order valence-corrected chi connectivity index (χ2v) is 29.8. The van der Waals surface area contributed by atoms with Crippen molar-refractivity contribution in [3.8, 4) is 0 Å².